The van der Waals surface area contributed by atoms with Crippen LogP contribution in [0.15, 0.2) is 0 Å². The van der Waals surface area contributed by atoms with Crippen LogP contribution >= 0.6 is 10.8 Å². The smallest absolute Gasteiger partial charge is 0.151 e. The number of nitrogen functional groups attached to an aromatic ring is 1. The predicted octanol–water partition coefficient (Wildman–Crippen LogP) is 3.73. The first-order valence-electron chi connectivity index (χ1n) is 9.48. The molecule has 1 aliphatic rings. The minimum atomic E-state index is -2.50. The van der Waals surface area contributed by atoms with E-state index in [1.54, 1.807) is 0 Å². The second-order valence-electron chi connectivity index (χ2n) is 7.16. The van der Waals surface area contributed by atoms with Gasteiger partial charge in [0.1, 0.15) is 11.3 Å². The summed E-state index contributed by atoms with van der Waals surface area (Å²) in [6.07, 6.45) is 4.72. The van der Waals surface area contributed by atoms with Gasteiger partial charge in [0.2, 0.25) is 0 Å². The van der Waals surface area contributed by atoms with Gasteiger partial charge in [0.05, 0.1) is 11.3 Å². The number of hydrogen-bond acceptors (Lipinski definition) is 6. The molecule has 0 spiro atoms. The summed E-state index contributed by atoms with van der Waals surface area (Å²) in [6.45, 7) is 8.61. The molecule has 3 rings (SSSR count). The first kappa shape index (κ1) is 19.4. The number of unbranched alkanes of at least 4 members (excludes halogenated alkanes) is 1. The van der Waals surface area contributed by atoms with Crippen LogP contribution in [0.1, 0.15) is 49.7 Å². The number of aromatic nitrogens is 3. The Bertz CT molecular complexity index is 790. The normalized spacial score (nSPS) is 18.7. The van der Waals surface area contributed by atoms with Crippen LogP contribution in [-0.2, 0) is 13.0 Å². The molecule has 0 radical (unpaired) electrons. The number of rotatable bonds is 7. The molecule has 0 aromatic carbocycles. The number of nitrogens with two attached hydrogens (primary N) is 1. The fourth-order valence-electron chi connectivity index (χ4n) is 3.73. The molecule has 1 fully saturated rings. The van der Waals surface area contributed by atoms with E-state index in [1.807, 2.05) is 11.2 Å². The molecule has 7 nitrogen and oxygen atoms in total. The highest BCUT2D eigenvalue weighted by Crippen LogP contribution is 2.48. The van der Waals surface area contributed by atoms with Gasteiger partial charge in [0.15, 0.2) is 5.82 Å². The molecule has 2 aromatic heterocycles. The zero-order valence-electron chi connectivity index (χ0n) is 16.0. The molecule has 0 bridgehead atoms. The Balaban J connectivity index is 1.77. The van der Waals surface area contributed by atoms with Crippen molar-refractivity contribution in [2.45, 2.75) is 59.4 Å². The van der Waals surface area contributed by atoms with Gasteiger partial charge in [-0.1, -0.05) is 6.92 Å². The summed E-state index contributed by atoms with van der Waals surface area (Å²) in [7, 11) is -2.50. The van der Waals surface area contributed by atoms with Crippen molar-refractivity contribution >= 4 is 27.6 Å². The van der Waals surface area contributed by atoms with Crippen molar-refractivity contribution in [3.63, 3.8) is 0 Å². The Morgan fingerprint density at radius 1 is 1.15 bits per heavy atom. The highest BCUT2D eigenvalue weighted by molar-refractivity contribution is 8.22. The molecular weight excluding hydrogens is 350 g/mol. The zero-order valence-corrected chi connectivity index (χ0v) is 16.8. The number of imidazole rings is 1. The van der Waals surface area contributed by atoms with Gasteiger partial charge in [-0.05, 0) is 45.1 Å². The van der Waals surface area contributed by atoms with Crippen molar-refractivity contribution in [2.75, 3.05) is 24.6 Å². The van der Waals surface area contributed by atoms with Crippen LogP contribution in [0.3, 0.4) is 0 Å². The first-order valence-corrected chi connectivity index (χ1v) is 11.1. The Morgan fingerprint density at radius 3 is 2.54 bits per heavy atom. The van der Waals surface area contributed by atoms with Gasteiger partial charge < -0.3 is 10.3 Å². The molecule has 0 atom stereocenters. The zero-order chi connectivity index (χ0) is 18.9. The number of pyridine rings is 1. The summed E-state index contributed by atoms with van der Waals surface area (Å²) >= 11 is 0. The minimum Gasteiger partial charge on any atom is -0.382 e. The van der Waals surface area contributed by atoms with Crippen LogP contribution in [0.4, 0.5) is 5.82 Å². The highest BCUT2D eigenvalue weighted by atomic mass is 32.3. The lowest BCUT2D eigenvalue weighted by atomic mass is 10.2. The van der Waals surface area contributed by atoms with Crippen molar-refractivity contribution in [3.8, 4) is 0 Å². The molecule has 4 N–H and O–H groups in total. The maximum atomic E-state index is 10.0. The molecule has 146 valence electrons. The van der Waals surface area contributed by atoms with E-state index in [1.165, 1.54) is 0 Å². The van der Waals surface area contributed by atoms with Crippen LogP contribution in [-0.4, -0.2) is 46.8 Å². The second kappa shape index (κ2) is 7.72. The van der Waals surface area contributed by atoms with Gasteiger partial charge in [-0.15, -0.1) is 10.8 Å². The van der Waals surface area contributed by atoms with Gasteiger partial charge >= 0.3 is 0 Å². The largest absolute Gasteiger partial charge is 0.382 e. The summed E-state index contributed by atoms with van der Waals surface area (Å²) in [5.74, 6) is 2.09. The van der Waals surface area contributed by atoms with E-state index < -0.39 is 10.8 Å². The van der Waals surface area contributed by atoms with Crippen molar-refractivity contribution < 1.29 is 9.11 Å². The predicted molar refractivity (Wildman–Crippen MR) is 109 cm³/mol. The van der Waals surface area contributed by atoms with Crippen LogP contribution < -0.4 is 5.73 Å². The summed E-state index contributed by atoms with van der Waals surface area (Å²) in [4.78, 5) is 9.20. The minimum absolute atomic E-state index is 0.505. The topological polar surface area (TPSA) is 100 Å². The lowest BCUT2D eigenvalue weighted by Crippen LogP contribution is -2.24. The van der Waals surface area contributed by atoms with E-state index in [0.717, 1.165) is 79.9 Å². The molecule has 2 aromatic rings. The van der Waals surface area contributed by atoms with Gasteiger partial charge in [-0.2, -0.15) is 0 Å². The fraction of sp³-hybridized carbons (Fsp3) is 0.667. The summed E-state index contributed by atoms with van der Waals surface area (Å²) < 4.78 is 24.2. The maximum Gasteiger partial charge on any atom is 0.151 e. The number of aryl methyl sites for hydroxylation is 4. The Morgan fingerprint density at radius 2 is 1.88 bits per heavy atom. The molecule has 3 heterocycles. The number of nitrogens with zero attached hydrogens (tertiary/aromatic N) is 4. The third-order valence-corrected chi connectivity index (χ3v) is 7.26. The molecule has 1 aliphatic heterocycles. The second-order valence-corrected chi connectivity index (χ2v) is 9.35. The van der Waals surface area contributed by atoms with E-state index in [4.69, 9.17) is 10.7 Å². The molecule has 0 aliphatic carbocycles. The van der Waals surface area contributed by atoms with E-state index >= 15 is 0 Å². The van der Waals surface area contributed by atoms with E-state index in [2.05, 4.69) is 23.4 Å². The summed E-state index contributed by atoms with van der Waals surface area (Å²) in [5.41, 5.74) is 10.1. The lowest BCUT2D eigenvalue weighted by molar-refractivity contribution is 0.368. The van der Waals surface area contributed by atoms with Gasteiger partial charge in [-0.25, -0.2) is 14.3 Å². The standard InChI is InChI=1S/C18H31N5O2S/c1-4-8-15-21-16-17(13(2)14(3)20-18(16)19)23(15)11-6-5-9-22-10-7-12-26(22,24)25/h24-25H,4-12H2,1-3H3,(H2,19,20). The van der Waals surface area contributed by atoms with E-state index in [-0.39, 0.29) is 0 Å². The van der Waals surface area contributed by atoms with Crippen LogP contribution in [0.25, 0.3) is 11.0 Å². The number of hydrogen-bond donors (Lipinski definition) is 3. The fourth-order valence-corrected chi connectivity index (χ4v) is 5.35. The number of anilines is 1. The average Bonchev–Trinajstić information content (AvgIpc) is 3.10. The maximum absolute atomic E-state index is 10.0. The monoisotopic (exact) mass is 381 g/mol. The summed E-state index contributed by atoms with van der Waals surface area (Å²) in [6, 6.07) is 0. The van der Waals surface area contributed by atoms with E-state index in [0.29, 0.717) is 11.6 Å². The van der Waals surface area contributed by atoms with Gasteiger partial charge in [0, 0.05) is 31.7 Å². The third-order valence-electron chi connectivity index (χ3n) is 5.23. The Labute approximate surface area is 157 Å². The summed E-state index contributed by atoms with van der Waals surface area (Å²) in [5, 5.41) is 0. The van der Waals surface area contributed by atoms with Gasteiger partial charge in [0.25, 0.3) is 0 Å². The van der Waals surface area contributed by atoms with Crippen LogP contribution in [0.5, 0.6) is 0 Å². The molecular formula is C18H31N5O2S. The average molecular weight is 382 g/mol. The SMILES string of the molecule is CCCc1nc2c(N)nc(C)c(C)c2n1CCCCN1CCCS1(O)O. The van der Waals surface area contributed by atoms with Crippen molar-refractivity contribution in [1.82, 2.24) is 18.8 Å². The molecule has 26 heavy (non-hydrogen) atoms. The van der Waals surface area contributed by atoms with Gasteiger partial charge in [-0.3, -0.25) is 9.11 Å². The molecule has 8 heteroatoms. The lowest BCUT2D eigenvalue weighted by Gasteiger charge is -2.36. The molecule has 1 saturated heterocycles. The Kier molecular flexibility index (Phi) is 5.76. The van der Waals surface area contributed by atoms with Crippen LogP contribution in [0.2, 0.25) is 0 Å². The molecule has 0 unspecified atom stereocenters. The third kappa shape index (κ3) is 3.69. The quantitative estimate of drug-likeness (QED) is 0.632. The highest BCUT2D eigenvalue weighted by Gasteiger charge is 2.28. The van der Waals surface area contributed by atoms with E-state index in [9.17, 15) is 9.11 Å². The number of fused-ring (bicyclic) bond motifs is 1. The van der Waals surface area contributed by atoms with Crippen molar-refractivity contribution in [3.05, 3.63) is 17.1 Å². The van der Waals surface area contributed by atoms with Crippen molar-refractivity contribution in [2.24, 2.45) is 0 Å². The molecule has 0 saturated carbocycles. The van der Waals surface area contributed by atoms with Crippen LogP contribution in [0, 0.1) is 13.8 Å². The molecule has 0 amide bonds. The van der Waals surface area contributed by atoms with Crippen molar-refractivity contribution in [1.29, 1.82) is 0 Å². The Hall–Kier alpha value is -1.35. The first-order chi connectivity index (χ1) is 12.3.